The molecule has 0 heterocycles. The molecule has 0 saturated heterocycles. The predicted molar refractivity (Wildman–Crippen MR) is 46.0 cm³/mol. The van der Waals surface area contributed by atoms with Gasteiger partial charge in [-0.25, -0.2) is 0 Å². The van der Waals surface area contributed by atoms with Gasteiger partial charge in [-0.2, -0.15) is 0 Å². The van der Waals surface area contributed by atoms with E-state index < -0.39 is 5.97 Å². The maximum atomic E-state index is 10.2. The molecule has 3 N–H and O–H groups in total. The first kappa shape index (κ1) is 11.4. The van der Waals surface area contributed by atoms with Crippen molar-refractivity contribution in [3.8, 4) is 0 Å². The molecule has 12 heavy (non-hydrogen) atoms. The first-order valence-electron chi connectivity index (χ1n) is 4.23. The van der Waals surface area contributed by atoms with Crippen LogP contribution in [0, 0.1) is 0 Å². The van der Waals surface area contributed by atoms with E-state index in [-0.39, 0.29) is 19.1 Å². The molecule has 0 spiro atoms. The SMILES string of the molecule is CC(CC(=O)O)NCCCCO. The highest BCUT2D eigenvalue weighted by Crippen LogP contribution is 1.91. The van der Waals surface area contributed by atoms with E-state index in [2.05, 4.69) is 5.32 Å². The number of hydrogen-bond acceptors (Lipinski definition) is 3. The monoisotopic (exact) mass is 175 g/mol. The first-order valence-corrected chi connectivity index (χ1v) is 4.23. The number of aliphatic carboxylic acids is 1. The summed E-state index contributed by atoms with van der Waals surface area (Å²) in [4.78, 5) is 10.2. The topological polar surface area (TPSA) is 69.6 Å². The third-order valence-electron chi connectivity index (χ3n) is 1.56. The van der Waals surface area contributed by atoms with Crippen LogP contribution in [0.3, 0.4) is 0 Å². The zero-order valence-corrected chi connectivity index (χ0v) is 7.42. The second kappa shape index (κ2) is 7.06. The molecule has 0 amide bonds. The zero-order valence-electron chi connectivity index (χ0n) is 7.42. The molecule has 0 aromatic heterocycles. The fraction of sp³-hybridized carbons (Fsp3) is 0.875. The number of carboxylic acid groups (broad SMARTS) is 1. The van der Waals surface area contributed by atoms with Gasteiger partial charge in [0.1, 0.15) is 0 Å². The molecule has 4 heteroatoms. The first-order chi connectivity index (χ1) is 5.66. The van der Waals surface area contributed by atoms with Crippen LogP contribution in [0.1, 0.15) is 26.2 Å². The Morgan fingerprint density at radius 1 is 1.50 bits per heavy atom. The van der Waals surface area contributed by atoms with Gasteiger partial charge in [0.25, 0.3) is 0 Å². The van der Waals surface area contributed by atoms with E-state index in [1.54, 1.807) is 0 Å². The van der Waals surface area contributed by atoms with Crippen LogP contribution in [-0.2, 0) is 4.79 Å². The van der Waals surface area contributed by atoms with Gasteiger partial charge in [-0.3, -0.25) is 4.79 Å². The Kier molecular flexibility index (Phi) is 6.70. The lowest BCUT2D eigenvalue weighted by molar-refractivity contribution is -0.137. The van der Waals surface area contributed by atoms with E-state index in [1.165, 1.54) is 0 Å². The lowest BCUT2D eigenvalue weighted by Crippen LogP contribution is -2.29. The second-order valence-electron chi connectivity index (χ2n) is 2.88. The molecule has 0 fully saturated rings. The van der Waals surface area contributed by atoms with Crippen LogP contribution >= 0.6 is 0 Å². The van der Waals surface area contributed by atoms with E-state index in [4.69, 9.17) is 10.2 Å². The van der Waals surface area contributed by atoms with Gasteiger partial charge in [0, 0.05) is 12.6 Å². The van der Waals surface area contributed by atoms with E-state index in [0.717, 1.165) is 19.4 Å². The lowest BCUT2D eigenvalue weighted by atomic mass is 10.2. The Hall–Kier alpha value is -0.610. The number of aliphatic hydroxyl groups excluding tert-OH is 1. The minimum Gasteiger partial charge on any atom is -0.481 e. The van der Waals surface area contributed by atoms with Gasteiger partial charge in [0.2, 0.25) is 0 Å². The molecular formula is C8H17NO3. The minimum atomic E-state index is -0.780. The van der Waals surface area contributed by atoms with Crippen LogP contribution in [0.2, 0.25) is 0 Å². The maximum absolute atomic E-state index is 10.2. The zero-order chi connectivity index (χ0) is 9.40. The standard InChI is InChI=1S/C8H17NO3/c1-7(6-8(11)12)9-4-2-3-5-10/h7,9-10H,2-6H2,1H3,(H,11,12). The summed E-state index contributed by atoms with van der Waals surface area (Å²) >= 11 is 0. The average Bonchev–Trinajstić information content (AvgIpc) is 1.97. The Bertz CT molecular complexity index is 127. The molecule has 0 aromatic rings. The van der Waals surface area contributed by atoms with Gasteiger partial charge in [0.15, 0.2) is 0 Å². The van der Waals surface area contributed by atoms with Crippen LogP contribution in [0.15, 0.2) is 0 Å². The van der Waals surface area contributed by atoms with Crippen molar-refractivity contribution in [2.24, 2.45) is 0 Å². The largest absolute Gasteiger partial charge is 0.481 e. The fourth-order valence-corrected chi connectivity index (χ4v) is 0.919. The smallest absolute Gasteiger partial charge is 0.304 e. The van der Waals surface area contributed by atoms with E-state index >= 15 is 0 Å². The quantitative estimate of drug-likeness (QED) is 0.484. The Morgan fingerprint density at radius 2 is 2.17 bits per heavy atom. The van der Waals surface area contributed by atoms with Gasteiger partial charge in [-0.15, -0.1) is 0 Å². The number of carbonyl (C=O) groups is 1. The van der Waals surface area contributed by atoms with Gasteiger partial charge in [0.05, 0.1) is 6.42 Å². The molecule has 72 valence electrons. The molecule has 1 unspecified atom stereocenters. The Morgan fingerprint density at radius 3 is 2.67 bits per heavy atom. The average molecular weight is 175 g/mol. The summed E-state index contributed by atoms with van der Waals surface area (Å²) in [5, 5.41) is 19.9. The fourth-order valence-electron chi connectivity index (χ4n) is 0.919. The van der Waals surface area contributed by atoms with E-state index in [0.29, 0.717) is 0 Å². The highest BCUT2D eigenvalue weighted by molar-refractivity contribution is 5.67. The molecule has 0 aromatic carbocycles. The third kappa shape index (κ3) is 7.50. The van der Waals surface area contributed by atoms with Gasteiger partial charge >= 0.3 is 5.97 Å². The second-order valence-corrected chi connectivity index (χ2v) is 2.88. The number of unbranched alkanes of at least 4 members (excludes halogenated alkanes) is 1. The number of carboxylic acids is 1. The molecule has 0 radical (unpaired) electrons. The Balaban J connectivity index is 3.19. The molecule has 0 bridgehead atoms. The maximum Gasteiger partial charge on any atom is 0.304 e. The molecule has 0 rings (SSSR count). The summed E-state index contributed by atoms with van der Waals surface area (Å²) in [6, 6.07) is 0.0150. The van der Waals surface area contributed by atoms with E-state index in [1.807, 2.05) is 6.92 Å². The summed E-state index contributed by atoms with van der Waals surface area (Å²) in [6.07, 6.45) is 1.81. The minimum absolute atomic E-state index is 0.0150. The van der Waals surface area contributed by atoms with Crippen molar-refractivity contribution in [3.05, 3.63) is 0 Å². The molecule has 0 aliphatic rings. The van der Waals surface area contributed by atoms with Crippen LogP contribution in [0.4, 0.5) is 0 Å². The summed E-state index contributed by atoms with van der Waals surface area (Å²) in [7, 11) is 0. The van der Waals surface area contributed by atoms with Crippen molar-refractivity contribution in [1.29, 1.82) is 0 Å². The lowest BCUT2D eigenvalue weighted by Gasteiger charge is -2.10. The van der Waals surface area contributed by atoms with Crippen molar-refractivity contribution < 1.29 is 15.0 Å². The molecule has 4 nitrogen and oxygen atoms in total. The summed E-state index contributed by atoms with van der Waals surface area (Å²) < 4.78 is 0. The van der Waals surface area contributed by atoms with E-state index in [9.17, 15) is 4.79 Å². The summed E-state index contributed by atoms with van der Waals surface area (Å²) in [5.74, 6) is -0.780. The Labute approximate surface area is 72.6 Å². The summed E-state index contributed by atoms with van der Waals surface area (Å²) in [5.41, 5.74) is 0. The van der Waals surface area contributed by atoms with Crippen molar-refractivity contribution in [2.75, 3.05) is 13.2 Å². The molecule has 0 saturated carbocycles. The van der Waals surface area contributed by atoms with Gasteiger partial charge in [-0.1, -0.05) is 0 Å². The van der Waals surface area contributed by atoms with Gasteiger partial charge in [-0.05, 0) is 26.3 Å². The molecule has 1 atom stereocenters. The van der Waals surface area contributed by atoms with Crippen LogP contribution in [-0.4, -0.2) is 35.4 Å². The normalized spacial score (nSPS) is 12.8. The molecular weight excluding hydrogens is 158 g/mol. The third-order valence-corrected chi connectivity index (χ3v) is 1.56. The highest BCUT2D eigenvalue weighted by Gasteiger charge is 2.05. The molecule has 0 aliphatic heterocycles. The number of aliphatic hydroxyl groups is 1. The van der Waals surface area contributed by atoms with Gasteiger partial charge < -0.3 is 15.5 Å². The van der Waals surface area contributed by atoms with Crippen molar-refractivity contribution in [3.63, 3.8) is 0 Å². The predicted octanol–water partition coefficient (Wildman–Crippen LogP) is 0.212. The highest BCUT2D eigenvalue weighted by atomic mass is 16.4. The number of rotatable bonds is 7. The number of hydrogen-bond donors (Lipinski definition) is 3. The van der Waals surface area contributed by atoms with Crippen molar-refractivity contribution in [2.45, 2.75) is 32.2 Å². The van der Waals surface area contributed by atoms with Crippen molar-refractivity contribution in [1.82, 2.24) is 5.32 Å². The van der Waals surface area contributed by atoms with Crippen LogP contribution in [0.5, 0.6) is 0 Å². The molecule has 0 aliphatic carbocycles. The van der Waals surface area contributed by atoms with Crippen LogP contribution < -0.4 is 5.32 Å². The van der Waals surface area contributed by atoms with Crippen LogP contribution in [0.25, 0.3) is 0 Å². The summed E-state index contributed by atoms with van der Waals surface area (Å²) in [6.45, 7) is 2.82. The van der Waals surface area contributed by atoms with Crippen molar-refractivity contribution >= 4 is 5.97 Å². The number of nitrogens with one attached hydrogen (secondary N) is 1.